The largest absolute Gasteiger partial charge is 0.452 e. The van der Waals surface area contributed by atoms with Gasteiger partial charge in [0.2, 0.25) is 0 Å². The Balaban J connectivity index is 1.56. The van der Waals surface area contributed by atoms with E-state index in [-0.39, 0.29) is 24.7 Å². The minimum absolute atomic E-state index is 0.0438. The number of benzene rings is 1. The summed E-state index contributed by atoms with van der Waals surface area (Å²) in [4.78, 5) is 32.6. The molecule has 8 heteroatoms. The molecule has 6 nitrogen and oxygen atoms in total. The number of para-hydroxylation sites is 1. The zero-order valence-corrected chi connectivity index (χ0v) is 18.2. The maximum atomic E-state index is 12.9. The summed E-state index contributed by atoms with van der Waals surface area (Å²) in [6.07, 6.45) is -0.0876. The van der Waals surface area contributed by atoms with Gasteiger partial charge in [0.1, 0.15) is 0 Å². The first kappa shape index (κ1) is 20.8. The van der Waals surface area contributed by atoms with Crippen LogP contribution in [0.2, 0.25) is 4.34 Å². The van der Waals surface area contributed by atoms with Crippen molar-refractivity contribution in [3.8, 4) is 10.6 Å². The van der Waals surface area contributed by atoms with Crippen molar-refractivity contribution >= 4 is 45.7 Å². The molecule has 0 spiro atoms. The van der Waals surface area contributed by atoms with Gasteiger partial charge in [0.15, 0.2) is 6.61 Å². The average Bonchev–Trinajstić information content (AvgIpc) is 3.16. The fourth-order valence-electron chi connectivity index (χ4n) is 3.60. The molecule has 1 aliphatic heterocycles. The van der Waals surface area contributed by atoms with E-state index in [0.29, 0.717) is 39.6 Å². The molecule has 0 N–H and O–H groups in total. The third-order valence-corrected chi connectivity index (χ3v) is 6.11. The first-order valence-electron chi connectivity index (χ1n) is 9.66. The highest BCUT2D eigenvalue weighted by Crippen LogP contribution is 2.32. The van der Waals surface area contributed by atoms with Gasteiger partial charge in [0.25, 0.3) is 5.91 Å². The second-order valence-electron chi connectivity index (χ2n) is 7.31. The van der Waals surface area contributed by atoms with Gasteiger partial charge in [-0.05, 0) is 38.1 Å². The Hall–Kier alpha value is -2.48. The van der Waals surface area contributed by atoms with E-state index in [9.17, 15) is 9.59 Å². The topological polar surface area (TPSA) is 68.7 Å². The summed E-state index contributed by atoms with van der Waals surface area (Å²) in [5.41, 5.74) is 1.69. The molecule has 0 saturated carbocycles. The summed E-state index contributed by atoms with van der Waals surface area (Å²) in [6, 6.07) is 12.7. The van der Waals surface area contributed by atoms with Crippen molar-refractivity contribution in [2.45, 2.75) is 26.1 Å². The normalized spacial score (nSPS) is 19.1. The number of pyridine rings is 1. The van der Waals surface area contributed by atoms with Gasteiger partial charge in [-0.15, -0.1) is 11.3 Å². The van der Waals surface area contributed by atoms with Crippen LogP contribution in [0.25, 0.3) is 21.5 Å². The Bertz CT molecular complexity index is 1090. The van der Waals surface area contributed by atoms with E-state index in [1.807, 2.05) is 44.2 Å². The molecule has 2 atom stereocenters. The second-order valence-corrected chi connectivity index (χ2v) is 9.02. The van der Waals surface area contributed by atoms with Gasteiger partial charge in [-0.2, -0.15) is 0 Å². The number of fused-ring (bicyclic) bond motifs is 1. The second kappa shape index (κ2) is 8.71. The molecule has 1 saturated heterocycles. The minimum Gasteiger partial charge on any atom is -0.452 e. The van der Waals surface area contributed by atoms with Crippen LogP contribution in [0.5, 0.6) is 0 Å². The van der Waals surface area contributed by atoms with Crippen molar-refractivity contribution < 1.29 is 19.1 Å². The maximum absolute atomic E-state index is 12.9. The van der Waals surface area contributed by atoms with Crippen LogP contribution in [0.15, 0.2) is 42.5 Å². The SMILES string of the molecule is C[C@@H]1CN(C(=O)COC(=O)c2cc(-c3ccc(Cl)s3)nc3ccccc23)C[C@H](C)O1. The molecule has 0 radical (unpaired) electrons. The van der Waals surface area contributed by atoms with E-state index >= 15 is 0 Å². The van der Waals surface area contributed by atoms with E-state index in [0.717, 1.165) is 4.88 Å². The number of hydrogen-bond donors (Lipinski definition) is 0. The summed E-state index contributed by atoms with van der Waals surface area (Å²) in [5, 5.41) is 0.676. The Morgan fingerprint density at radius 2 is 1.93 bits per heavy atom. The van der Waals surface area contributed by atoms with Crippen LogP contribution < -0.4 is 0 Å². The van der Waals surface area contributed by atoms with E-state index in [4.69, 9.17) is 21.1 Å². The maximum Gasteiger partial charge on any atom is 0.339 e. The third-order valence-electron chi connectivity index (χ3n) is 4.86. The molecule has 0 unspecified atom stereocenters. The number of halogens is 1. The van der Waals surface area contributed by atoms with Gasteiger partial charge in [0.05, 0.1) is 38.2 Å². The molecule has 4 rings (SSSR count). The molecule has 30 heavy (non-hydrogen) atoms. The number of nitrogens with zero attached hydrogens (tertiary/aromatic N) is 2. The summed E-state index contributed by atoms with van der Waals surface area (Å²) in [5.74, 6) is -0.783. The Morgan fingerprint density at radius 3 is 2.63 bits per heavy atom. The number of amides is 1. The van der Waals surface area contributed by atoms with Crippen molar-refractivity contribution in [2.24, 2.45) is 0 Å². The zero-order chi connectivity index (χ0) is 21.3. The quantitative estimate of drug-likeness (QED) is 0.557. The smallest absolute Gasteiger partial charge is 0.339 e. The van der Waals surface area contributed by atoms with Crippen LogP contribution in [0.3, 0.4) is 0 Å². The highest BCUT2D eigenvalue weighted by atomic mass is 35.5. The molecule has 1 amide bonds. The number of thiophene rings is 1. The number of ether oxygens (including phenoxy) is 2. The predicted molar refractivity (Wildman–Crippen MR) is 117 cm³/mol. The monoisotopic (exact) mass is 444 g/mol. The lowest BCUT2D eigenvalue weighted by Gasteiger charge is -2.35. The van der Waals surface area contributed by atoms with Crippen molar-refractivity contribution in [2.75, 3.05) is 19.7 Å². The van der Waals surface area contributed by atoms with Gasteiger partial charge in [-0.25, -0.2) is 9.78 Å². The Kier molecular flexibility index (Phi) is 6.04. The van der Waals surface area contributed by atoms with Crippen LogP contribution in [-0.4, -0.2) is 53.7 Å². The summed E-state index contributed by atoms with van der Waals surface area (Å²) < 4.78 is 11.7. The van der Waals surface area contributed by atoms with E-state index < -0.39 is 5.97 Å². The number of carbonyl (C=O) groups excluding carboxylic acids is 2. The third kappa shape index (κ3) is 4.48. The molecule has 1 aliphatic rings. The summed E-state index contributed by atoms with van der Waals surface area (Å²) in [6.45, 7) is 4.51. The van der Waals surface area contributed by atoms with Crippen molar-refractivity contribution in [1.82, 2.24) is 9.88 Å². The van der Waals surface area contributed by atoms with Crippen molar-refractivity contribution in [3.63, 3.8) is 0 Å². The number of carbonyl (C=O) groups is 2. The number of esters is 1. The number of hydrogen-bond acceptors (Lipinski definition) is 6. The standard InChI is InChI=1S/C22H21ClN2O4S/c1-13-10-25(11-14(2)29-13)21(26)12-28-22(27)16-9-18(19-7-8-20(23)30-19)24-17-6-4-3-5-15(16)17/h3-9,13-14H,10-12H2,1-2H3/t13-,14+. The molecular weight excluding hydrogens is 424 g/mol. The van der Waals surface area contributed by atoms with Crippen molar-refractivity contribution in [3.05, 3.63) is 52.4 Å². The first-order chi connectivity index (χ1) is 14.4. The summed E-state index contributed by atoms with van der Waals surface area (Å²) in [7, 11) is 0. The Morgan fingerprint density at radius 1 is 1.20 bits per heavy atom. The minimum atomic E-state index is -0.555. The molecule has 3 aromatic rings. The van der Waals surface area contributed by atoms with Gasteiger partial charge >= 0.3 is 5.97 Å². The molecule has 2 aromatic heterocycles. The molecular formula is C22H21ClN2O4S. The molecule has 1 aromatic carbocycles. The van der Waals surface area contributed by atoms with Gasteiger partial charge < -0.3 is 14.4 Å². The Labute approximate surface area is 183 Å². The average molecular weight is 445 g/mol. The zero-order valence-electron chi connectivity index (χ0n) is 16.6. The molecule has 0 bridgehead atoms. The highest BCUT2D eigenvalue weighted by Gasteiger charge is 2.27. The number of rotatable bonds is 4. The fraction of sp³-hybridized carbons (Fsp3) is 0.318. The lowest BCUT2D eigenvalue weighted by molar-refractivity contribution is -0.146. The molecule has 1 fully saturated rings. The molecule has 0 aliphatic carbocycles. The highest BCUT2D eigenvalue weighted by molar-refractivity contribution is 7.19. The van der Waals surface area contributed by atoms with Gasteiger partial charge in [0, 0.05) is 18.5 Å². The van der Waals surface area contributed by atoms with Crippen molar-refractivity contribution in [1.29, 1.82) is 0 Å². The van der Waals surface area contributed by atoms with E-state index in [2.05, 4.69) is 4.98 Å². The summed E-state index contributed by atoms with van der Waals surface area (Å²) >= 11 is 7.44. The molecule has 156 valence electrons. The molecule has 3 heterocycles. The first-order valence-corrected chi connectivity index (χ1v) is 10.9. The van der Waals surface area contributed by atoms with E-state index in [1.54, 1.807) is 17.0 Å². The number of morpholine rings is 1. The van der Waals surface area contributed by atoms with Gasteiger partial charge in [-0.3, -0.25) is 4.79 Å². The lowest BCUT2D eigenvalue weighted by Crippen LogP contribution is -2.49. The number of aromatic nitrogens is 1. The van der Waals surface area contributed by atoms with Crippen LogP contribution >= 0.6 is 22.9 Å². The fourth-order valence-corrected chi connectivity index (χ4v) is 4.60. The van der Waals surface area contributed by atoms with Crippen LogP contribution in [0, 0.1) is 0 Å². The van der Waals surface area contributed by atoms with E-state index in [1.165, 1.54) is 11.3 Å². The van der Waals surface area contributed by atoms with Crippen LogP contribution in [0.4, 0.5) is 0 Å². The van der Waals surface area contributed by atoms with Gasteiger partial charge in [-0.1, -0.05) is 29.8 Å². The van der Waals surface area contributed by atoms with Crippen LogP contribution in [0.1, 0.15) is 24.2 Å². The van der Waals surface area contributed by atoms with Crippen LogP contribution in [-0.2, 0) is 14.3 Å². The lowest BCUT2D eigenvalue weighted by atomic mass is 10.1. The predicted octanol–water partition coefficient (Wildman–Crippen LogP) is 4.41.